The minimum Gasteiger partial charge on any atom is -0.310 e. The van der Waals surface area contributed by atoms with Crippen molar-refractivity contribution in [3.8, 4) is 0 Å². The van der Waals surface area contributed by atoms with Crippen molar-refractivity contribution in [2.24, 2.45) is 17.0 Å². The Morgan fingerprint density at radius 2 is 1.71 bits per heavy atom. The first-order valence-electron chi connectivity index (χ1n) is 8.00. The van der Waals surface area contributed by atoms with Gasteiger partial charge < -0.3 is 5.32 Å². The molecule has 24 heavy (non-hydrogen) atoms. The van der Waals surface area contributed by atoms with E-state index in [-0.39, 0.29) is 29.7 Å². The maximum absolute atomic E-state index is 12.7. The van der Waals surface area contributed by atoms with Crippen molar-refractivity contribution >= 4 is 10.0 Å². The van der Waals surface area contributed by atoms with E-state index in [9.17, 15) is 21.6 Å². The fourth-order valence-corrected chi connectivity index (χ4v) is 3.62. The quantitative estimate of drug-likeness (QED) is 0.842. The van der Waals surface area contributed by atoms with Gasteiger partial charge in [-0.3, -0.25) is 0 Å². The van der Waals surface area contributed by atoms with E-state index < -0.39 is 22.1 Å². The number of hydrogen-bond donors (Lipinski definition) is 2. The number of benzene rings is 1. The monoisotopic (exact) mass is 364 g/mol. The lowest BCUT2D eigenvalue weighted by atomic mass is 9.81. The van der Waals surface area contributed by atoms with Gasteiger partial charge in [0.25, 0.3) is 0 Å². The third-order valence-electron chi connectivity index (χ3n) is 4.73. The molecule has 1 atom stereocenters. The molecule has 0 radical (unpaired) electrons. The summed E-state index contributed by atoms with van der Waals surface area (Å²) in [5, 5.41) is 8.38. The van der Waals surface area contributed by atoms with Crippen LogP contribution in [0.3, 0.4) is 0 Å². The molecule has 1 saturated carbocycles. The van der Waals surface area contributed by atoms with E-state index in [2.05, 4.69) is 5.32 Å². The first kappa shape index (κ1) is 19.2. The van der Waals surface area contributed by atoms with Gasteiger partial charge in [-0.2, -0.15) is 13.2 Å². The number of primary sulfonamides is 1. The van der Waals surface area contributed by atoms with Gasteiger partial charge in [0, 0.05) is 6.04 Å². The van der Waals surface area contributed by atoms with Crippen molar-refractivity contribution in [2.75, 3.05) is 6.54 Å². The maximum atomic E-state index is 12.7. The van der Waals surface area contributed by atoms with E-state index in [0.29, 0.717) is 19.4 Å². The van der Waals surface area contributed by atoms with E-state index in [1.807, 2.05) is 6.92 Å². The van der Waals surface area contributed by atoms with Crippen molar-refractivity contribution in [3.05, 3.63) is 29.8 Å². The van der Waals surface area contributed by atoms with Crippen molar-refractivity contribution in [2.45, 2.75) is 49.7 Å². The lowest BCUT2D eigenvalue weighted by molar-refractivity contribution is -0.183. The molecular weight excluding hydrogens is 341 g/mol. The van der Waals surface area contributed by atoms with Gasteiger partial charge in [-0.15, -0.1) is 0 Å². The summed E-state index contributed by atoms with van der Waals surface area (Å²) >= 11 is 0. The number of sulfonamides is 1. The van der Waals surface area contributed by atoms with Crippen LogP contribution in [-0.2, 0) is 10.0 Å². The second-order valence-electron chi connectivity index (χ2n) is 6.50. The van der Waals surface area contributed by atoms with Crippen LogP contribution in [-0.4, -0.2) is 21.1 Å². The third-order valence-corrected chi connectivity index (χ3v) is 5.66. The molecule has 0 aromatic heterocycles. The number of halogens is 3. The van der Waals surface area contributed by atoms with Gasteiger partial charge in [-0.05, 0) is 62.8 Å². The normalized spacial score (nSPS) is 23.9. The minimum absolute atomic E-state index is 0.0140. The van der Waals surface area contributed by atoms with E-state index in [1.165, 1.54) is 12.1 Å². The molecule has 0 heterocycles. The molecule has 0 aliphatic heterocycles. The predicted molar refractivity (Wildman–Crippen MR) is 85.7 cm³/mol. The van der Waals surface area contributed by atoms with Gasteiger partial charge in [0.15, 0.2) is 0 Å². The van der Waals surface area contributed by atoms with E-state index in [0.717, 1.165) is 5.56 Å². The van der Waals surface area contributed by atoms with Crippen molar-refractivity contribution in [1.29, 1.82) is 0 Å². The topological polar surface area (TPSA) is 72.2 Å². The Kier molecular flexibility index (Phi) is 5.93. The fraction of sp³-hybridized carbons (Fsp3) is 0.625. The molecule has 1 unspecified atom stereocenters. The zero-order chi connectivity index (χ0) is 18.0. The molecule has 1 aromatic rings. The lowest BCUT2D eigenvalue weighted by Gasteiger charge is -2.30. The molecule has 3 N–H and O–H groups in total. The van der Waals surface area contributed by atoms with E-state index in [1.54, 1.807) is 12.1 Å². The average molecular weight is 364 g/mol. The predicted octanol–water partition coefficient (Wildman–Crippen LogP) is 3.35. The van der Waals surface area contributed by atoms with Gasteiger partial charge >= 0.3 is 6.18 Å². The van der Waals surface area contributed by atoms with Crippen LogP contribution in [0.5, 0.6) is 0 Å². The fourth-order valence-electron chi connectivity index (χ4n) is 3.10. The van der Waals surface area contributed by atoms with Crippen molar-refractivity contribution in [3.63, 3.8) is 0 Å². The van der Waals surface area contributed by atoms with Crippen LogP contribution in [0.25, 0.3) is 0 Å². The smallest absolute Gasteiger partial charge is 0.310 e. The molecule has 0 amide bonds. The Hall–Kier alpha value is -1.12. The summed E-state index contributed by atoms with van der Waals surface area (Å²) in [6.45, 7) is 2.59. The lowest BCUT2D eigenvalue weighted by Crippen LogP contribution is -2.32. The second-order valence-corrected chi connectivity index (χ2v) is 8.06. The standard InChI is InChI=1S/C16H23F3N2O2S/c1-11(13-4-8-15(9-5-13)24(20,22)23)21-10-12-2-6-14(7-3-12)16(17,18)19/h4-5,8-9,11-12,14,21H,2-3,6-7,10H2,1H3,(H2,20,22,23). The van der Waals surface area contributed by atoms with Crippen molar-refractivity contribution < 1.29 is 21.6 Å². The van der Waals surface area contributed by atoms with Crippen LogP contribution in [0.1, 0.15) is 44.2 Å². The Balaban J connectivity index is 1.83. The Labute approximate surface area is 140 Å². The first-order valence-corrected chi connectivity index (χ1v) is 9.55. The SMILES string of the molecule is CC(NCC1CCC(C(F)(F)F)CC1)c1ccc(S(N)(=O)=O)cc1. The highest BCUT2D eigenvalue weighted by atomic mass is 32.2. The highest BCUT2D eigenvalue weighted by Crippen LogP contribution is 2.39. The summed E-state index contributed by atoms with van der Waals surface area (Å²) < 4.78 is 60.4. The molecule has 1 aliphatic carbocycles. The van der Waals surface area contributed by atoms with Crippen LogP contribution >= 0.6 is 0 Å². The highest BCUT2D eigenvalue weighted by molar-refractivity contribution is 7.89. The molecule has 1 aromatic carbocycles. The highest BCUT2D eigenvalue weighted by Gasteiger charge is 2.41. The summed E-state index contributed by atoms with van der Waals surface area (Å²) in [7, 11) is -3.70. The Bertz CT molecular complexity index is 636. The van der Waals surface area contributed by atoms with Gasteiger partial charge in [0.2, 0.25) is 10.0 Å². The van der Waals surface area contributed by atoms with Crippen molar-refractivity contribution in [1.82, 2.24) is 5.32 Å². The molecule has 0 spiro atoms. The summed E-state index contributed by atoms with van der Waals surface area (Å²) in [5.41, 5.74) is 0.909. The zero-order valence-corrected chi connectivity index (χ0v) is 14.3. The number of alkyl halides is 3. The second kappa shape index (κ2) is 7.41. The molecule has 136 valence electrons. The number of hydrogen-bond acceptors (Lipinski definition) is 3. The number of nitrogens with two attached hydrogens (primary N) is 1. The summed E-state index contributed by atoms with van der Waals surface area (Å²) in [6, 6.07) is 6.28. The largest absolute Gasteiger partial charge is 0.391 e. The molecular formula is C16H23F3N2O2S. The van der Waals surface area contributed by atoms with Crippen LogP contribution < -0.4 is 10.5 Å². The van der Waals surface area contributed by atoms with Gasteiger partial charge in [-0.1, -0.05) is 12.1 Å². The Morgan fingerprint density at radius 3 is 2.17 bits per heavy atom. The number of nitrogens with one attached hydrogen (secondary N) is 1. The maximum Gasteiger partial charge on any atom is 0.391 e. The Morgan fingerprint density at radius 1 is 1.17 bits per heavy atom. The minimum atomic E-state index is -4.07. The van der Waals surface area contributed by atoms with E-state index >= 15 is 0 Å². The molecule has 0 bridgehead atoms. The zero-order valence-electron chi connectivity index (χ0n) is 13.5. The molecule has 2 rings (SSSR count). The first-order chi connectivity index (χ1) is 11.1. The average Bonchev–Trinajstić information content (AvgIpc) is 2.51. The third kappa shape index (κ3) is 5.19. The molecule has 0 saturated heterocycles. The summed E-state index contributed by atoms with van der Waals surface area (Å²) in [4.78, 5) is 0.0592. The molecule has 1 fully saturated rings. The van der Waals surface area contributed by atoms with Crippen LogP contribution in [0.4, 0.5) is 13.2 Å². The van der Waals surface area contributed by atoms with Gasteiger partial charge in [0.05, 0.1) is 10.8 Å². The molecule has 1 aliphatic rings. The molecule has 4 nitrogen and oxygen atoms in total. The summed E-state index contributed by atoms with van der Waals surface area (Å²) in [6.07, 6.45) is -2.51. The number of rotatable bonds is 5. The van der Waals surface area contributed by atoms with Crippen LogP contribution in [0, 0.1) is 11.8 Å². The summed E-state index contributed by atoms with van der Waals surface area (Å²) in [5.74, 6) is -0.910. The van der Waals surface area contributed by atoms with E-state index in [4.69, 9.17) is 5.14 Å². The van der Waals surface area contributed by atoms with Crippen LogP contribution in [0.2, 0.25) is 0 Å². The van der Waals surface area contributed by atoms with Gasteiger partial charge in [0.1, 0.15) is 0 Å². The van der Waals surface area contributed by atoms with Crippen LogP contribution in [0.15, 0.2) is 29.2 Å². The molecule has 8 heteroatoms. The van der Waals surface area contributed by atoms with Gasteiger partial charge in [-0.25, -0.2) is 13.6 Å².